The van der Waals surface area contributed by atoms with E-state index < -0.39 is 78.7 Å². The molecule has 0 aromatic heterocycles. The van der Waals surface area contributed by atoms with Gasteiger partial charge in [0.25, 0.3) is 5.91 Å². The molecule has 3 saturated carbocycles. The van der Waals surface area contributed by atoms with Crippen molar-refractivity contribution in [3.05, 3.63) is 0 Å². The fraction of sp³-hybridized carbons (Fsp3) is 0.933. The zero-order valence-corrected chi connectivity index (χ0v) is 26.0. The number of cyclic esters (lactones) is 1. The van der Waals surface area contributed by atoms with Gasteiger partial charge in [0.2, 0.25) is 0 Å². The summed E-state index contributed by atoms with van der Waals surface area (Å²) in [6.07, 6.45) is -10.0. The van der Waals surface area contributed by atoms with Crippen molar-refractivity contribution in [3.63, 3.8) is 0 Å². The molecule has 0 bridgehead atoms. The van der Waals surface area contributed by atoms with Gasteiger partial charge in [-0.1, -0.05) is 0 Å². The quantitative estimate of drug-likeness (QED) is 0.190. The summed E-state index contributed by atoms with van der Waals surface area (Å²) >= 11 is 0. The van der Waals surface area contributed by atoms with Gasteiger partial charge in [-0.05, 0) is 49.4 Å². The molecule has 3 heterocycles. The topological polar surface area (TPSA) is 192 Å². The predicted octanol–water partition coefficient (Wildman–Crippen LogP) is -1.41. The van der Waals surface area contributed by atoms with Crippen LogP contribution in [0.15, 0.2) is 0 Å². The van der Waals surface area contributed by atoms with E-state index >= 15 is 8.78 Å². The first-order chi connectivity index (χ1) is 22.0. The molecular weight excluding hydrogens is 620 g/mol. The fourth-order valence-electron chi connectivity index (χ4n) is 9.43. The standard InChI is InChI=1S/C30H45F2NO13/c1-40-17-4-11(5-18(41-2)26(17)42-3)20-12-6-15-16(45-10-44-15)7-13(12)22(14-9-43-28(38)21(14)20)33-29(39)30(31,32)27-25(37)24(36)23(35)19(8-34)46-27/h11-27,34-37H,4-10H2,1-3H3,(H,33,39)/t11?,12?,13?,14?,15?,16?,17?,18?,19-,20-,21+,22-,23-,24+,25-,26?,27+/m1/s1. The third-order valence-corrected chi connectivity index (χ3v) is 11.6. The molecule has 3 saturated heterocycles. The summed E-state index contributed by atoms with van der Waals surface area (Å²) in [5, 5.41) is 42.6. The number of methoxy groups -OCH3 is 3. The third-order valence-electron chi connectivity index (χ3n) is 11.6. The average Bonchev–Trinajstić information content (AvgIpc) is 3.68. The Balaban J connectivity index is 1.31. The highest BCUT2D eigenvalue weighted by Crippen LogP contribution is 2.57. The van der Waals surface area contributed by atoms with Gasteiger partial charge in [0.05, 0.1) is 43.5 Å². The molecule has 3 aliphatic carbocycles. The second-order valence-corrected chi connectivity index (χ2v) is 13.6. The molecule has 14 nitrogen and oxygen atoms in total. The number of rotatable bonds is 8. The summed E-state index contributed by atoms with van der Waals surface area (Å²) < 4.78 is 71.3. The van der Waals surface area contributed by atoms with Crippen molar-refractivity contribution in [2.75, 3.05) is 41.3 Å². The molecule has 0 aromatic carbocycles. The minimum atomic E-state index is -4.39. The molecule has 5 N–H and O–H groups in total. The summed E-state index contributed by atoms with van der Waals surface area (Å²) in [5.74, 6) is -8.99. The van der Waals surface area contributed by atoms with Gasteiger partial charge >= 0.3 is 11.9 Å². The molecule has 6 aliphatic rings. The summed E-state index contributed by atoms with van der Waals surface area (Å²) in [5.41, 5.74) is 0. The zero-order chi connectivity index (χ0) is 33.1. The van der Waals surface area contributed by atoms with Crippen molar-refractivity contribution >= 4 is 11.9 Å². The molecule has 262 valence electrons. The molecule has 6 fully saturated rings. The maximum absolute atomic E-state index is 15.8. The number of hydrogen-bond donors (Lipinski definition) is 5. The first-order valence-corrected chi connectivity index (χ1v) is 15.9. The van der Waals surface area contributed by atoms with Crippen LogP contribution in [0, 0.1) is 35.5 Å². The van der Waals surface area contributed by atoms with Crippen LogP contribution in [0.3, 0.4) is 0 Å². The predicted molar refractivity (Wildman–Crippen MR) is 148 cm³/mol. The number of hydrogen-bond acceptors (Lipinski definition) is 13. The molecule has 1 amide bonds. The Kier molecular flexibility index (Phi) is 9.96. The van der Waals surface area contributed by atoms with Crippen molar-refractivity contribution in [1.82, 2.24) is 5.32 Å². The van der Waals surface area contributed by atoms with E-state index in [4.69, 9.17) is 33.2 Å². The summed E-state index contributed by atoms with van der Waals surface area (Å²) in [7, 11) is 4.78. The second-order valence-electron chi connectivity index (χ2n) is 13.6. The lowest BCUT2D eigenvalue weighted by molar-refractivity contribution is -0.274. The van der Waals surface area contributed by atoms with Crippen LogP contribution >= 0.6 is 0 Å². The van der Waals surface area contributed by atoms with E-state index in [2.05, 4.69) is 5.32 Å². The number of amides is 1. The smallest absolute Gasteiger partial charge is 0.352 e. The normalized spacial score (nSPS) is 49.1. The Morgan fingerprint density at radius 3 is 2.13 bits per heavy atom. The number of alkyl halides is 2. The van der Waals surface area contributed by atoms with Gasteiger partial charge in [-0.15, -0.1) is 0 Å². The van der Waals surface area contributed by atoms with Gasteiger partial charge < -0.3 is 58.9 Å². The molecule has 3 aliphatic heterocycles. The first kappa shape index (κ1) is 34.3. The van der Waals surface area contributed by atoms with Crippen LogP contribution in [0.1, 0.15) is 25.7 Å². The van der Waals surface area contributed by atoms with Crippen LogP contribution in [0.5, 0.6) is 0 Å². The fourth-order valence-corrected chi connectivity index (χ4v) is 9.43. The number of carbonyl (C=O) groups excluding carboxylic acids is 2. The molecule has 16 heteroatoms. The minimum absolute atomic E-state index is 0.0803. The number of esters is 1. The van der Waals surface area contributed by atoms with Crippen molar-refractivity contribution in [1.29, 1.82) is 0 Å². The highest BCUT2D eigenvalue weighted by molar-refractivity contribution is 5.85. The molecular formula is C30H45F2NO13. The van der Waals surface area contributed by atoms with Crippen LogP contribution in [0.4, 0.5) is 8.78 Å². The van der Waals surface area contributed by atoms with Crippen LogP contribution in [-0.2, 0) is 42.7 Å². The van der Waals surface area contributed by atoms with Crippen LogP contribution in [-0.4, -0.2) is 147 Å². The Morgan fingerprint density at radius 2 is 1.54 bits per heavy atom. The van der Waals surface area contributed by atoms with Gasteiger partial charge in [-0.25, -0.2) is 0 Å². The SMILES string of the molecule is COC1CC([C@@H]2C3CC4OCOC4CC3[C@@H](NC(=O)C(F)(F)[C@H]3O[C@H](CO)[C@@H](O)[C@H](O)[C@H]3O)C3COC(=O)[C@@H]32)CC(OC)C1OC. The Labute approximate surface area is 264 Å². The van der Waals surface area contributed by atoms with E-state index in [0.29, 0.717) is 25.7 Å². The summed E-state index contributed by atoms with van der Waals surface area (Å²) in [4.78, 5) is 26.9. The number of halogens is 2. The minimum Gasteiger partial charge on any atom is -0.465 e. The van der Waals surface area contributed by atoms with Crippen molar-refractivity contribution < 1.29 is 72.0 Å². The van der Waals surface area contributed by atoms with E-state index in [1.54, 1.807) is 21.3 Å². The molecule has 6 rings (SSSR count). The van der Waals surface area contributed by atoms with E-state index in [1.165, 1.54) is 0 Å². The van der Waals surface area contributed by atoms with E-state index in [1.807, 2.05) is 0 Å². The van der Waals surface area contributed by atoms with Gasteiger partial charge in [0, 0.05) is 33.3 Å². The average molecular weight is 666 g/mol. The Bertz CT molecular complexity index is 1100. The van der Waals surface area contributed by atoms with Gasteiger partial charge in [0.1, 0.15) is 37.3 Å². The monoisotopic (exact) mass is 665 g/mol. The molecule has 7 unspecified atom stereocenters. The lowest BCUT2D eigenvalue weighted by Gasteiger charge is -2.55. The van der Waals surface area contributed by atoms with Gasteiger partial charge in [-0.3, -0.25) is 9.59 Å². The maximum atomic E-state index is 15.8. The van der Waals surface area contributed by atoms with E-state index in [0.717, 1.165) is 0 Å². The second kappa shape index (κ2) is 13.4. The lowest BCUT2D eigenvalue weighted by atomic mass is 9.51. The number of ether oxygens (including phenoxy) is 7. The largest absolute Gasteiger partial charge is 0.465 e. The number of aliphatic hydroxyl groups excluding tert-OH is 4. The molecule has 15 atom stereocenters. The molecule has 0 radical (unpaired) electrons. The van der Waals surface area contributed by atoms with E-state index in [9.17, 15) is 30.0 Å². The third kappa shape index (κ3) is 5.65. The molecule has 0 aromatic rings. The summed E-state index contributed by atoms with van der Waals surface area (Å²) in [6, 6.07) is -0.933. The highest BCUT2D eigenvalue weighted by Gasteiger charge is 2.64. The molecule has 0 spiro atoms. The number of nitrogens with one attached hydrogen (secondary N) is 1. The van der Waals surface area contributed by atoms with Gasteiger partial charge in [0.15, 0.2) is 6.10 Å². The maximum Gasteiger partial charge on any atom is 0.352 e. The van der Waals surface area contributed by atoms with E-state index in [-0.39, 0.29) is 61.7 Å². The number of fused-ring (bicyclic) bond motifs is 3. The zero-order valence-electron chi connectivity index (χ0n) is 26.0. The lowest BCUT2D eigenvalue weighted by Crippen LogP contribution is -2.68. The summed E-state index contributed by atoms with van der Waals surface area (Å²) in [6.45, 7) is -0.933. The van der Waals surface area contributed by atoms with Gasteiger partial charge in [-0.2, -0.15) is 8.78 Å². The van der Waals surface area contributed by atoms with Crippen molar-refractivity contribution in [3.8, 4) is 0 Å². The Morgan fingerprint density at radius 1 is 0.913 bits per heavy atom. The molecule has 46 heavy (non-hydrogen) atoms. The van der Waals surface area contributed by atoms with Crippen molar-refractivity contribution in [2.24, 2.45) is 35.5 Å². The first-order valence-electron chi connectivity index (χ1n) is 15.9. The van der Waals surface area contributed by atoms with Crippen LogP contribution in [0.25, 0.3) is 0 Å². The number of aliphatic hydroxyl groups is 4. The van der Waals surface area contributed by atoms with Crippen molar-refractivity contribution in [2.45, 2.75) is 98.7 Å². The van der Waals surface area contributed by atoms with Crippen LogP contribution in [0.2, 0.25) is 0 Å². The Hall–Kier alpha value is -1.60. The number of carbonyl (C=O) groups is 2. The van der Waals surface area contributed by atoms with Crippen LogP contribution < -0.4 is 5.32 Å². The highest BCUT2D eigenvalue weighted by atomic mass is 19.3.